The Morgan fingerprint density at radius 3 is 2.48 bits per heavy atom. The molecule has 3 aliphatic rings. The molecule has 0 bridgehead atoms. The predicted octanol–water partition coefficient (Wildman–Crippen LogP) is 0.994. The Bertz CT molecular complexity index is 502. The van der Waals surface area contributed by atoms with Gasteiger partial charge in [0, 0.05) is 32.7 Å². The molecule has 0 aromatic rings. The molecule has 7 heteroatoms. The average molecular weight is 315 g/mol. The van der Waals surface area contributed by atoms with Crippen LogP contribution < -0.4 is 5.32 Å². The van der Waals surface area contributed by atoms with Crippen LogP contribution in [-0.2, 0) is 10.0 Å². The van der Waals surface area contributed by atoms with Crippen molar-refractivity contribution in [3.8, 4) is 0 Å². The van der Waals surface area contributed by atoms with Crippen LogP contribution in [0.2, 0.25) is 0 Å². The summed E-state index contributed by atoms with van der Waals surface area (Å²) >= 11 is 0. The van der Waals surface area contributed by atoms with Crippen molar-refractivity contribution in [3.05, 3.63) is 0 Å². The number of fused-ring (bicyclic) bond motifs is 1. The number of urea groups is 1. The van der Waals surface area contributed by atoms with Gasteiger partial charge < -0.3 is 10.2 Å². The fraction of sp³-hybridized carbons (Fsp3) is 0.929. The lowest BCUT2D eigenvalue weighted by atomic mass is 10.0. The molecule has 2 aliphatic heterocycles. The second kappa shape index (κ2) is 5.76. The molecule has 1 saturated carbocycles. The molecule has 1 aliphatic carbocycles. The molecule has 21 heavy (non-hydrogen) atoms. The standard InChI is InChI=1S/C14H25N3O3S/c1-16-10-11-6-8-17(9-7-13(11)21(16,19)20)14(18)15-12-4-2-3-5-12/h11-13H,2-10H2,1H3,(H,15,18)/t11-,13-/m0/s1. The number of likely N-dealkylation sites (tertiary alicyclic amines) is 1. The summed E-state index contributed by atoms with van der Waals surface area (Å²) < 4.78 is 26.0. The monoisotopic (exact) mass is 315 g/mol. The Morgan fingerprint density at radius 2 is 1.76 bits per heavy atom. The Hall–Kier alpha value is -0.820. The molecule has 0 aromatic heterocycles. The number of hydrogen-bond acceptors (Lipinski definition) is 3. The van der Waals surface area contributed by atoms with E-state index in [1.807, 2.05) is 4.90 Å². The maximum Gasteiger partial charge on any atom is 0.317 e. The number of sulfonamides is 1. The van der Waals surface area contributed by atoms with Gasteiger partial charge in [0.15, 0.2) is 0 Å². The van der Waals surface area contributed by atoms with Crippen LogP contribution in [0.1, 0.15) is 38.5 Å². The highest BCUT2D eigenvalue weighted by molar-refractivity contribution is 7.90. The highest BCUT2D eigenvalue weighted by Crippen LogP contribution is 2.33. The maximum atomic E-state index is 12.3. The third-order valence-electron chi connectivity index (χ3n) is 5.26. The predicted molar refractivity (Wildman–Crippen MR) is 80.4 cm³/mol. The van der Waals surface area contributed by atoms with Gasteiger partial charge in [-0.15, -0.1) is 0 Å². The third-order valence-corrected chi connectivity index (χ3v) is 7.66. The minimum atomic E-state index is -3.15. The fourth-order valence-electron chi connectivity index (χ4n) is 3.94. The molecule has 0 aromatic carbocycles. The van der Waals surface area contributed by atoms with Gasteiger partial charge in [0.25, 0.3) is 0 Å². The number of nitrogens with zero attached hydrogens (tertiary/aromatic N) is 2. The summed E-state index contributed by atoms with van der Waals surface area (Å²) in [5.41, 5.74) is 0. The van der Waals surface area contributed by atoms with Crippen LogP contribution in [-0.4, -0.2) is 61.6 Å². The molecule has 2 atom stereocenters. The molecule has 3 fully saturated rings. The van der Waals surface area contributed by atoms with Crippen LogP contribution in [0.3, 0.4) is 0 Å². The van der Waals surface area contributed by atoms with Crippen LogP contribution in [0.5, 0.6) is 0 Å². The lowest BCUT2D eigenvalue weighted by Crippen LogP contribution is -2.44. The Labute approximate surface area is 126 Å². The summed E-state index contributed by atoms with van der Waals surface area (Å²) in [4.78, 5) is 14.1. The van der Waals surface area contributed by atoms with Crippen molar-refractivity contribution in [2.75, 3.05) is 26.7 Å². The minimum absolute atomic E-state index is 0.00683. The van der Waals surface area contributed by atoms with Crippen molar-refractivity contribution >= 4 is 16.1 Å². The number of carbonyl (C=O) groups is 1. The number of carbonyl (C=O) groups excluding carboxylic acids is 1. The first-order valence-electron chi connectivity index (χ1n) is 7.99. The fourth-order valence-corrected chi connectivity index (χ4v) is 5.92. The van der Waals surface area contributed by atoms with Gasteiger partial charge in [0.2, 0.25) is 10.0 Å². The van der Waals surface area contributed by atoms with E-state index < -0.39 is 10.0 Å². The average Bonchev–Trinajstić information content (AvgIpc) is 2.92. The maximum absolute atomic E-state index is 12.3. The van der Waals surface area contributed by atoms with Crippen LogP contribution in [0, 0.1) is 5.92 Å². The van der Waals surface area contributed by atoms with Crippen molar-refractivity contribution in [1.82, 2.24) is 14.5 Å². The van der Waals surface area contributed by atoms with Crippen molar-refractivity contribution in [2.24, 2.45) is 5.92 Å². The van der Waals surface area contributed by atoms with E-state index in [4.69, 9.17) is 0 Å². The highest BCUT2D eigenvalue weighted by atomic mass is 32.2. The van der Waals surface area contributed by atoms with E-state index in [-0.39, 0.29) is 17.2 Å². The second-order valence-electron chi connectivity index (χ2n) is 6.62. The van der Waals surface area contributed by atoms with Gasteiger partial charge >= 0.3 is 6.03 Å². The summed E-state index contributed by atoms with van der Waals surface area (Å²) in [5.74, 6) is 0.171. The summed E-state index contributed by atoms with van der Waals surface area (Å²) in [5, 5.41) is 2.80. The Morgan fingerprint density at radius 1 is 1.10 bits per heavy atom. The molecule has 2 heterocycles. The SMILES string of the molecule is CN1C[C@@H]2CCN(C(=O)NC3CCCC3)CC[C@@H]2S1(=O)=O. The van der Waals surface area contributed by atoms with E-state index in [2.05, 4.69) is 5.32 Å². The van der Waals surface area contributed by atoms with Gasteiger partial charge in [-0.1, -0.05) is 12.8 Å². The molecule has 0 spiro atoms. The van der Waals surface area contributed by atoms with Crippen LogP contribution in [0.15, 0.2) is 0 Å². The topological polar surface area (TPSA) is 69.7 Å². The van der Waals surface area contributed by atoms with Gasteiger partial charge in [-0.05, 0) is 31.6 Å². The van der Waals surface area contributed by atoms with E-state index in [1.54, 1.807) is 7.05 Å². The first-order valence-corrected chi connectivity index (χ1v) is 9.49. The molecule has 120 valence electrons. The molecule has 2 saturated heterocycles. The number of hydrogen-bond donors (Lipinski definition) is 1. The summed E-state index contributed by atoms with van der Waals surface area (Å²) in [6, 6.07) is 0.308. The largest absolute Gasteiger partial charge is 0.335 e. The molecule has 0 radical (unpaired) electrons. The van der Waals surface area contributed by atoms with E-state index >= 15 is 0 Å². The highest BCUT2D eigenvalue weighted by Gasteiger charge is 2.45. The normalized spacial score (nSPS) is 33.7. The van der Waals surface area contributed by atoms with Crippen molar-refractivity contribution in [1.29, 1.82) is 0 Å². The quantitative estimate of drug-likeness (QED) is 0.784. The molecule has 3 rings (SSSR count). The van der Waals surface area contributed by atoms with E-state index in [1.165, 1.54) is 17.1 Å². The van der Waals surface area contributed by atoms with Crippen molar-refractivity contribution < 1.29 is 13.2 Å². The van der Waals surface area contributed by atoms with E-state index in [0.29, 0.717) is 32.1 Å². The van der Waals surface area contributed by atoms with Gasteiger partial charge in [0.05, 0.1) is 5.25 Å². The number of amides is 2. The van der Waals surface area contributed by atoms with Gasteiger partial charge in [-0.2, -0.15) is 0 Å². The first-order chi connectivity index (χ1) is 9.98. The molecule has 6 nitrogen and oxygen atoms in total. The van der Waals surface area contributed by atoms with Gasteiger partial charge in [-0.25, -0.2) is 17.5 Å². The summed E-state index contributed by atoms with van der Waals surface area (Å²) in [7, 11) is -1.48. The van der Waals surface area contributed by atoms with E-state index in [9.17, 15) is 13.2 Å². The zero-order valence-corrected chi connectivity index (χ0v) is 13.4. The van der Waals surface area contributed by atoms with Gasteiger partial charge in [0.1, 0.15) is 0 Å². The second-order valence-corrected chi connectivity index (χ2v) is 8.88. The van der Waals surface area contributed by atoms with Crippen molar-refractivity contribution in [2.45, 2.75) is 49.8 Å². The zero-order valence-electron chi connectivity index (χ0n) is 12.6. The molecular formula is C14H25N3O3S. The molecule has 2 amide bonds. The zero-order chi connectivity index (χ0) is 15.0. The van der Waals surface area contributed by atoms with Crippen LogP contribution in [0.4, 0.5) is 4.79 Å². The smallest absolute Gasteiger partial charge is 0.317 e. The van der Waals surface area contributed by atoms with Crippen LogP contribution >= 0.6 is 0 Å². The lowest BCUT2D eigenvalue weighted by molar-refractivity contribution is 0.194. The van der Waals surface area contributed by atoms with Gasteiger partial charge in [-0.3, -0.25) is 0 Å². The Kier molecular flexibility index (Phi) is 4.14. The molecule has 1 N–H and O–H groups in total. The first kappa shape index (κ1) is 15.1. The summed E-state index contributed by atoms with van der Waals surface area (Å²) in [6.07, 6.45) is 5.88. The Balaban J connectivity index is 1.60. The van der Waals surface area contributed by atoms with Crippen LogP contribution in [0.25, 0.3) is 0 Å². The van der Waals surface area contributed by atoms with Crippen molar-refractivity contribution in [3.63, 3.8) is 0 Å². The third kappa shape index (κ3) is 2.90. The summed E-state index contributed by atoms with van der Waals surface area (Å²) in [6.45, 7) is 1.82. The van der Waals surface area contributed by atoms with E-state index in [0.717, 1.165) is 19.3 Å². The molecule has 0 unspecified atom stereocenters. The number of rotatable bonds is 1. The lowest BCUT2D eigenvalue weighted by Gasteiger charge is -2.24. The molecular weight excluding hydrogens is 290 g/mol. The number of nitrogens with one attached hydrogen (secondary N) is 1. The minimum Gasteiger partial charge on any atom is -0.335 e.